The number of guanidine groups is 1. The average molecular weight is 474 g/mol. The predicted molar refractivity (Wildman–Crippen MR) is 121 cm³/mol. The number of aliphatic imine (C=N–C) groups is 1. The van der Waals surface area contributed by atoms with Crippen molar-refractivity contribution in [3.63, 3.8) is 0 Å². The van der Waals surface area contributed by atoms with Gasteiger partial charge in [-0.25, -0.2) is 0 Å². The number of hydrogen-bond donors (Lipinski definition) is 2. The van der Waals surface area contributed by atoms with Crippen LogP contribution >= 0.6 is 24.0 Å². The monoisotopic (exact) mass is 474 g/mol. The largest absolute Gasteiger partial charge is 0.492 e. The molecule has 0 saturated carbocycles. The molecule has 2 N–H and O–H groups in total. The summed E-state index contributed by atoms with van der Waals surface area (Å²) in [5.41, 5.74) is 0. The molecule has 6 heteroatoms. The van der Waals surface area contributed by atoms with Crippen molar-refractivity contribution in [1.29, 1.82) is 0 Å². The zero-order valence-corrected chi connectivity index (χ0v) is 18.6. The first-order valence-electron chi connectivity index (χ1n) is 9.74. The Morgan fingerprint density at radius 1 is 1.15 bits per heavy atom. The first-order chi connectivity index (χ1) is 12.3. The molecule has 5 nitrogen and oxygen atoms in total. The van der Waals surface area contributed by atoms with Crippen molar-refractivity contribution in [2.24, 2.45) is 10.9 Å². The van der Waals surface area contributed by atoms with Crippen LogP contribution in [0.25, 0.3) is 0 Å². The lowest BCUT2D eigenvalue weighted by atomic mass is 9.94. The van der Waals surface area contributed by atoms with E-state index in [0.29, 0.717) is 6.61 Å². The van der Waals surface area contributed by atoms with Gasteiger partial charge in [-0.1, -0.05) is 25.1 Å². The van der Waals surface area contributed by atoms with Gasteiger partial charge in [0, 0.05) is 13.1 Å². The van der Waals surface area contributed by atoms with E-state index >= 15 is 0 Å². The van der Waals surface area contributed by atoms with Crippen molar-refractivity contribution in [3.05, 3.63) is 30.3 Å². The molecule has 1 heterocycles. The molecule has 0 bridgehead atoms. The lowest BCUT2D eigenvalue weighted by molar-refractivity contribution is 0.188. The fraction of sp³-hybridized carbons (Fsp3) is 0.650. The van der Waals surface area contributed by atoms with Gasteiger partial charge in [0.05, 0.1) is 6.54 Å². The summed E-state index contributed by atoms with van der Waals surface area (Å²) in [6, 6.07) is 9.91. The van der Waals surface area contributed by atoms with Gasteiger partial charge in [0.25, 0.3) is 0 Å². The highest BCUT2D eigenvalue weighted by atomic mass is 127. The Balaban J connectivity index is 0.00000338. The summed E-state index contributed by atoms with van der Waals surface area (Å²) in [7, 11) is 0. The van der Waals surface area contributed by atoms with Gasteiger partial charge < -0.3 is 20.3 Å². The van der Waals surface area contributed by atoms with Crippen molar-refractivity contribution >= 4 is 29.9 Å². The van der Waals surface area contributed by atoms with E-state index in [9.17, 15) is 0 Å². The molecule has 0 amide bonds. The smallest absolute Gasteiger partial charge is 0.191 e. The third-order valence-corrected chi connectivity index (χ3v) is 4.71. The molecule has 0 atom stereocenters. The van der Waals surface area contributed by atoms with Crippen molar-refractivity contribution < 1.29 is 4.74 Å². The summed E-state index contributed by atoms with van der Waals surface area (Å²) < 4.78 is 5.70. The lowest BCUT2D eigenvalue weighted by Gasteiger charge is -2.30. The molecule has 26 heavy (non-hydrogen) atoms. The van der Waals surface area contributed by atoms with Crippen molar-refractivity contribution in [3.8, 4) is 5.75 Å². The van der Waals surface area contributed by atoms with Crippen LogP contribution in [0.5, 0.6) is 5.75 Å². The summed E-state index contributed by atoms with van der Waals surface area (Å²) in [4.78, 5) is 7.26. The molecule has 1 aromatic rings. The zero-order valence-electron chi connectivity index (χ0n) is 16.2. The minimum atomic E-state index is 0. The van der Waals surface area contributed by atoms with Gasteiger partial charge in [0.2, 0.25) is 0 Å². The maximum Gasteiger partial charge on any atom is 0.191 e. The van der Waals surface area contributed by atoms with Crippen molar-refractivity contribution in [2.45, 2.75) is 33.1 Å². The Kier molecular flexibility index (Phi) is 12.5. The fourth-order valence-corrected chi connectivity index (χ4v) is 3.15. The number of rotatable bonds is 9. The number of likely N-dealkylation sites (tertiary alicyclic amines) is 1. The highest BCUT2D eigenvalue weighted by Gasteiger charge is 2.17. The van der Waals surface area contributed by atoms with Gasteiger partial charge in [0.1, 0.15) is 12.4 Å². The normalized spacial score (nSPS) is 16.0. The molecule has 1 aliphatic rings. The molecule has 0 radical (unpaired) electrons. The van der Waals surface area contributed by atoms with Crippen LogP contribution in [0.1, 0.15) is 33.1 Å². The maximum absolute atomic E-state index is 5.70. The molecule has 1 aromatic carbocycles. The Morgan fingerprint density at radius 3 is 2.54 bits per heavy atom. The van der Waals surface area contributed by atoms with E-state index in [4.69, 9.17) is 9.73 Å². The van der Waals surface area contributed by atoms with Gasteiger partial charge in [-0.05, 0) is 63.9 Å². The quantitative estimate of drug-likeness (QED) is 0.250. The number of piperidine rings is 1. The number of nitrogens with zero attached hydrogens (tertiary/aromatic N) is 2. The molecule has 2 rings (SSSR count). The van der Waals surface area contributed by atoms with E-state index in [1.165, 1.54) is 38.9 Å². The molecule has 0 spiro atoms. The number of benzene rings is 1. The van der Waals surface area contributed by atoms with Gasteiger partial charge in [0.15, 0.2) is 5.96 Å². The summed E-state index contributed by atoms with van der Waals surface area (Å²) >= 11 is 0. The number of para-hydroxylation sites is 1. The van der Waals surface area contributed by atoms with E-state index in [0.717, 1.165) is 37.3 Å². The average Bonchev–Trinajstić information content (AvgIpc) is 2.66. The molecule has 0 unspecified atom stereocenters. The van der Waals surface area contributed by atoms with Crippen LogP contribution in [0.2, 0.25) is 0 Å². The van der Waals surface area contributed by atoms with Crippen LogP contribution in [0.4, 0.5) is 0 Å². The molecule has 148 valence electrons. The summed E-state index contributed by atoms with van der Waals surface area (Å²) in [6.07, 6.45) is 3.82. The number of halogens is 1. The highest BCUT2D eigenvalue weighted by Crippen LogP contribution is 2.20. The fourth-order valence-electron chi connectivity index (χ4n) is 3.15. The molecule has 0 aliphatic carbocycles. The van der Waals surface area contributed by atoms with Crippen LogP contribution in [-0.2, 0) is 0 Å². The van der Waals surface area contributed by atoms with Crippen LogP contribution in [-0.4, -0.2) is 56.7 Å². The maximum atomic E-state index is 5.70. The lowest BCUT2D eigenvalue weighted by Crippen LogP contribution is -2.39. The summed E-state index contributed by atoms with van der Waals surface area (Å²) in [6.45, 7) is 11.2. The highest BCUT2D eigenvalue weighted by molar-refractivity contribution is 14.0. The standard InChI is InChI=1S/C20H34N4O.HI/c1-3-21-20(23-14-17-25-19-8-6-5-7-9-19)22-13-10-18-11-15-24(4-2)16-12-18;/h5-9,18H,3-4,10-17H2,1-2H3,(H2,21,22,23);1H. The Hall–Kier alpha value is -1.02. The van der Waals surface area contributed by atoms with Gasteiger partial charge in [-0.15, -0.1) is 24.0 Å². The molecule has 1 saturated heterocycles. The van der Waals surface area contributed by atoms with Gasteiger partial charge in [-0.2, -0.15) is 0 Å². The molecular formula is C20H35IN4O. The predicted octanol–water partition coefficient (Wildman–Crippen LogP) is 3.36. The van der Waals surface area contributed by atoms with Crippen LogP contribution < -0.4 is 15.4 Å². The van der Waals surface area contributed by atoms with Gasteiger partial charge in [-0.3, -0.25) is 4.99 Å². The van der Waals surface area contributed by atoms with E-state index in [2.05, 4.69) is 29.4 Å². The minimum Gasteiger partial charge on any atom is -0.492 e. The van der Waals surface area contributed by atoms with E-state index < -0.39 is 0 Å². The molecule has 0 aromatic heterocycles. The molecule has 1 aliphatic heterocycles. The SMILES string of the molecule is CCNC(=NCCC1CCN(CC)CC1)NCCOc1ccccc1.I. The first kappa shape index (κ1) is 23.0. The third-order valence-electron chi connectivity index (χ3n) is 4.71. The van der Waals surface area contributed by atoms with Crippen LogP contribution in [0.3, 0.4) is 0 Å². The van der Waals surface area contributed by atoms with E-state index in [1.54, 1.807) is 0 Å². The molecular weight excluding hydrogens is 439 g/mol. The first-order valence-corrected chi connectivity index (χ1v) is 9.74. The Labute approximate surface area is 176 Å². The number of hydrogen-bond acceptors (Lipinski definition) is 3. The van der Waals surface area contributed by atoms with Gasteiger partial charge >= 0.3 is 0 Å². The second-order valence-electron chi connectivity index (χ2n) is 6.52. The molecule has 1 fully saturated rings. The second-order valence-corrected chi connectivity index (χ2v) is 6.52. The Morgan fingerprint density at radius 2 is 1.88 bits per heavy atom. The second kappa shape index (κ2) is 14.1. The van der Waals surface area contributed by atoms with Crippen LogP contribution in [0, 0.1) is 5.92 Å². The van der Waals surface area contributed by atoms with Crippen molar-refractivity contribution in [1.82, 2.24) is 15.5 Å². The summed E-state index contributed by atoms with van der Waals surface area (Å²) in [5.74, 6) is 2.63. The zero-order chi connectivity index (χ0) is 17.7. The minimum absolute atomic E-state index is 0. The number of nitrogens with one attached hydrogen (secondary N) is 2. The van der Waals surface area contributed by atoms with E-state index in [-0.39, 0.29) is 24.0 Å². The summed E-state index contributed by atoms with van der Waals surface area (Å²) in [5, 5.41) is 6.66. The van der Waals surface area contributed by atoms with Crippen LogP contribution in [0.15, 0.2) is 35.3 Å². The number of ether oxygens (including phenoxy) is 1. The van der Waals surface area contributed by atoms with E-state index in [1.807, 2.05) is 30.3 Å². The van der Waals surface area contributed by atoms with Crippen molar-refractivity contribution in [2.75, 3.05) is 45.9 Å². The third kappa shape index (κ3) is 9.07. The topological polar surface area (TPSA) is 48.9 Å². The Bertz CT molecular complexity index is 490.